The summed E-state index contributed by atoms with van der Waals surface area (Å²) in [5.74, 6) is -0.362. The summed E-state index contributed by atoms with van der Waals surface area (Å²) in [7, 11) is 1.76. The minimum atomic E-state index is -0.271. The molecule has 0 unspecified atom stereocenters. The van der Waals surface area contributed by atoms with Crippen LogP contribution in [0.25, 0.3) is 11.3 Å². The van der Waals surface area contributed by atoms with Gasteiger partial charge >= 0.3 is 0 Å². The van der Waals surface area contributed by atoms with Crippen molar-refractivity contribution in [3.05, 3.63) is 70.9 Å². The van der Waals surface area contributed by atoms with Crippen molar-refractivity contribution in [1.29, 1.82) is 0 Å². The molecule has 134 valence electrons. The molecule has 26 heavy (non-hydrogen) atoms. The first-order valence-electron chi connectivity index (χ1n) is 8.20. The van der Waals surface area contributed by atoms with E-state index in [1.165, 1.54) is 18.3 Å². The molecule has 0 spiro atoms. The van der Waals surface area contributed by atoms with E-state index in [1.807, 2.05) is 6.07 Å². The molecule has 3 aromatic rings. The topological polar surface area (TPSA) is 61.9 Å². The SMILES string of the molecule is CN(CCCc1cc(-c2ccc(F)cc2)n[nH]1)C(=O)c1ccnc(Cl)c1. The fraction of sp³-hybridized carbons (Fsp3) is 0.211. The van der Waals surface area contributed by atoms with Crippen molar-refractivity contribution < 1.29 is 9.18 Å². The Bertz CT molecular complexity index is 895. The molecule has 2 aromatic heterocycles. The lowest BCUT2D eigenvalue weighted by Crippen LogP contribution is -2.28. The van der Waals surface area contributed by atoms with Crippen molar-refractivity contribution in [1.82, 2.24) is 20.1 Å². The van der Waals surface area contributed by atoms with Crippen molar-refractivity contribution in [2.24, 2.45) is 0 Å². The van der Waals surface area contributed by atoms with E-state index in [0.29, 0.717) is 17.3 Å². The van der Waals surface area contributed by atoms with Crippen molar-refractivity contribution >= 4 is 17.5 Å². The molecule has 0 aliphatic carbocycles. The number of aryl methyl sites for hydroxylation is 1. The number of pyridine rings is 1. The Labute approximate surface area is 155 Å². The summed E-state index contributed by atoms with van der Waals surface area (Å²) in [6.45, 7) is 0.601. The second-order valence-electron chi connectivity index (χ2n) is 5.98. The predicted molar refractivity (Wildman–Crippen MR) is 98.5 cm³/mol. The Kier molecular flexibility index (Phi) is 5.63. The van der Waals surface area contributed by atoms with E-state index in [0.717, 1.165) is 29.8 Å². The van der Waals surface area contributed by atoms with Crippen LogP contribution in [0, 0.1) is 5.82 Å². The Balaban J connectivity index is 1.53. The van der Waals surface area contributed by atoms with E-state index >= 15 is 0 Å². The molecule has 0 bridgehead atoms. The summed E-state index contributed by atoms with van der Waals surface area (Å²) in [4.78, 5) is 17.9. The first-order valence-corrected chi connectivity index (χ1v) is 8.58. The minimum absolute atomic E-state index is 0.0917. The number of carbonyl (C=O) groups excluding carboxylic acids is 1. The summed E-state index contributed by atoms with van der Waals surface area (Å²) >= 11 is 5.83. The largest absolute Gasteiger partial charge is 0.342 e. The average Bonchev–Trinajstić information content (AvgIpc) is 3.10. The normalized spacial score (nSPS) is 10.7. The smallest absolute Gasteiger partial charge is 0.253 e. The molecule has 0 fully saturated rings. The highest BCUT2D eigenvalue weighted by Gasteiger charge is 2.12. The number of hydrogen-bond donors (Lipinski definition) is 1. The van der Waals surface area contributed by atoms with Gasteiger partial charge in [-0.15, -0.1) is 0 Å². The third kappa shape index (κ3) is 4.46. The van der Waals surface area contributed by atoms with E-state index in [-0.39, 0.29) is 11.7 Å². The molecule has 0 aliphatic heterocycles. The van der Waals surface area contributed by atoms with Crippen LogP contribution in [-0.2, 0) is 6.42 Å². The maximum absolute atomic E-state index is 13.0. The van der Waals surface area contributed by atoms with Crippen LogP contribution >= 0.6 is 11.6 Å². The molecule has 3 rings (SSSR count). The molecule has 1 aromatic carbocycles. The number of benzene rings is 1. The third-order valence-corrected chi connectivity index (χ3v) is 4.24. The van der Waals surface area contributed by atoms with Crippen LogP contribution in [-0.4, -0.2) is 39.6 Å². The summed E-state index contributed by atoms with van der Waals surface area (Å²) in [6.07, 6.45) is 3.06. The van der Waals surface area contributed by atoms with E-state index in [1.54, 1.807) is 36.2 Å². The zero-order valence-corrected chi connectivity index (χ0v) is 15.0. The Morgan fingerprint density at radius 3 is 2.73 bits per heavy atom. The molecule has 0 saturated carbocycles. The summed E-state index contributed by atoms with van der Waals surface area (Å²) < 4.78 is 13.0. The Morgan fingerprint density at radius 2 is 2.00 bits per heavy atom. The van der Waals surface area contributed by atoms with Gasteiger partial charge in [-0.05, 0) is 55.3 Å². The number of aromatic nitrogens is 3. The van der Waals surface area contributed by atoms with E-state index in [2.05, 4.69) is 15.2 Å². The number of H-pyrrole nitrogens is 1. The number of halogens is 2. The zero-order chi connectivity index (χ0) is 18.5. The first kappa shape index (κ1) is 18.1. The van der Waals surface area contributed by atoms with E-state index in [9.17, 15) is 9.18 Å². The van der Waals surface area contributed by atoms with Crippen molar-refractivity contribution in [3.63, 3.8) is 0 Å². The monoisotopic (exact) mass is 372 g/mol. The number of carbonyl (C=O) groups is 1. The fourth-order valence-corrected chi connectivity index (χ4v) is 2.80. The lowest BCUT2D eigenvalue weighted by Gasteiger charge is -2.16. The highest BCUT2D eigenvalue weighted by Crippen LogP contribution is 2.18. The van der Waals surface area contributed by atoms with Crippen molar-refractivity contribution in [2.45, 2.75) is 12.8 Å². The highest BCUT2D eigenvalue weighted by atomic mass is 35.5. The van der Waals surface area contributed by atoms with Gasteiger partial charge in [0.25, 0.3) is 5.91 Å². The molecule has 5 nitrogen and oxygen atoms in total. The maximum atomic E-state index is 13.0. The van der Waals surface area contributed by atoms with Gasteiger partial charge in [-0.3, -0.25) is 9.89 Å². The average molecular weight is 373 g/mol. The molecular formula is C19H18ClFN4O. The van der Waals surface area contributed by atoms with Gasteiger partial charge in [-0.1, -0.05) is 11.6 Å². The van der Waals surface area contributed by atoms with Crippen LogP contribution in [0.1, 0.15) is 22.5 Å². The minimum Gasteiger partial charge on any atom is -0.342 e. The molecule has 0 radical (unpaired) electrons. The third-order valence-electron chi connectivity index (χ3n) is 4.03. The van der Waals surface area contributed by atoms with Gasteiger partial charge in [0.15, 0.2) is 0 Å². The van der Waals surface area contributed by atoms with Gasteiger partial charge < -0.3 is 4.90 Å². The van der Waals surface area contributed by atoms with E-state index in [4.69, 9.17) is 11.6 Å². The van der Waals surface area contributed by atoms with Crippen LogP contribution < -0.4 is 0 Å². The van der Waals surface area contributed by atoms with Crippen LogP contribution in [0.4, 0.5) is 4.39 Å². The standard InChI is InChI=1S/C19H18ClFN4O/c1-25(19(26)14-8-9-22-18(20)11-14)10-2-3-16-12-17(24-23-16)13-4-6-15(21)7-5-13/h4-9,11-12H,2-3,10H2,1H3,(H,23,24). The van der Waals surface area contributed by atoms with Crippen molar-refractivity contribution in [3.8, 4) is 11.3 Å². The highest BCUT2D eigenvalue weighted by molar-refractivity contribution is 6.29. The molecule has 0 saturated heterocycles. The van der Waals surface area contributed by atoms with E-state index < -0.39 is 0 Å². The number of aromatic amines is 1. The molecule has 1 amide bonds. The van der Waals surface area contributed by atoms with Gasteiger partial charge in [0.2, 0.25) is 0 Å². The lowest BCUT2D eigenvalue weighted by atomic mass is 10.1. The summed E-state index contributed by atoms with van der Waals surface area (Å²) in [5, 5.41) is 7.55. The molecule has 7 heteroatoms. The molecule has 2 heterocycles. The number of nitrogens with one attached hydrogen (secondary N) is 1. The second kappa shape index (κ2) is 8.10. The molecular weight excluding hydrogens is 355 g/mol. The van der Waals surface area contributed by atoms with Gasteiger partial charge in [0, 0.05) is 36.6 Å². The predicted octanol–water partition coefficient (Wildman–Crippen LogP) is 3.97. The zero-order valence-electron chi connectivity index (χ0n) is 14.2. The molecule has 0 atom stereocenters. The number of nitrogens with zero attached hydrogens (tertiary/aromatic N) is 3. The van der Waals surface area contributed by atoms with Gasteiger partial charge in [0.05, 0.1) is 5.69 Å². The number of hydrogen-bond acceptors (Lipinski definition) is 3. The Hall–Kier alpha value is -2.73. The lowest BCUT2D eigenvalue weighted by molar-refractivity contribution is 0.0793. The summed E-state index contributed by atoms with van der Waals surface area (Å²) in [6, 6.07) is 11.4. The molecule has 0 aliphatic rings. The van der Waals surface area contributed by atoms with Gasteiger partial charge in [0.1, 0.15) is 11.0 Å². The van der Waals surface area contributed by atoms with Crippen LogP contribution in [0.15, 0.2) is 48.7 Å². The quantitative estimate of drug-likeness (QED) is 0.666. The Morgan fingerprint density at radius 1 is 1.23 bits per heavy atom. The van der Waals surface area contributed by atoms with Crippen LogP contribution in [0.3, 0.4) is 0 Å². The molecule has 1 N–H and O–H groups in total. The van der Waals surface area contributed by atoms with Crippen LogP contribution in [0.2, 0.25) is 5.15 Å². The van der Waals surface area contributed by atoms with Crippen molar-refractivity contribution in [2.75, 3.05) is 13.6 Å². The second-order valence-corrected chi connectivity index (χ2v) is 6.37. The van der Waals surface area contributed by atoms with Crippen LogP contribution in [0.5, 0.6) is 0 Å². The first-order chi connectivity index (χ1) is 12.5. The fourth-order valence-electron chi connectivity index (χ4n) is 2.62. The van der Waals surface area contributed by atoms with Gasteiger partial charge in [-0.2, -0.15) is 5.10 Å². The number of amides is 1. The summed E-state index contributed by atoms with van der Waals surface area (Å²) in [5.41, 5.74) is 3.12. The van der Waals surface area contributed by atoms with Gasteiger partial charge in [-0.25, -0.2) is 9.37 Å². The maximum Gasteiger partial charge on any atom is 0.253 e. The number of rotatable bonds is 6.